The molecule has 1 aliphatic heterocycles. The second kappa shape index (κ2) is 7.71. The SMILES string of the molecule is CB(C)C.OC[C@H]1O[C@@H](c2ccc3ccc4cccc5ccc2c3c45)CC1O. The van der Waals surface area contributed by atoms with Crippen molar-refractivity contribution in [3.05, 3.63) is 60.2 Å². The third kappa shape index (κ3) is 3.37. The van der Waals surface area contributed by atoms with Gasteiger partial charge in [-0.2, -0.15) is 0 Å². The van der Waals surface area contributed by atoms with Gasteiger partial charge in [0, 0.05) is 6.42 Å². The van der Waals surface area contributed by atoms with Gasteiger partial charge in [0.2, 0.25) is 0 Å². The van der Waals surface area contributed by atoms with Crippen molar-refractivity contribution in [2.75, 3.05) is 6.61 Å². The molecule has 4 heteroatoms. The summed E-state index contributed by atoms with van der Waals surface area (Å²) in [6.07, 6.45) is -0.760. The number of benzene rings is 4. The van der Waals surface area contributed by atoms with E-state index >= 15 is 0 Å². The van der Waals surface area contributed by atoms with Crippen LogP contribution >= 0.6 is 0 Å². The first kappa shape index (κ1) is 19.2. The number of aliphatic hydroxyl groups excluding tert-OH is 2. The van der Waals surface area contributed by atoms with Gasteiger partial charge in [0.15, 0.2) is 0 Å². The van der Waals surface area contributed by atoms with Gasteiger partial charge in [0.05, 0.1) is 18.8 Å². The molecule has 28 heavy (non-hydrogen) atoms. The number of aliphatic hydroxyl groups is 2. The molecule has 0 saturated carbocycles. The summed E-state index contributed by atoms with van der Waals surface area (Å²) in [6.45, 7) is 7.18. The van der Waals surface area contributed by atoms with E-state index in [0.717, 1.165) is 12.3 Å². The highest BCUT2D eigenvalue weighted by Crippen LogP contribution is 2.41. The predicted molar refractivity (Wildman–Crippen MR) is 119 cm³/mol. The lowest BCUT2D eigenvalue weighted by atomic mass is 9.58. The Morgan fingerprint density at radius 1 is 0.893 bits per heavy atom. The second-order valence-electron chi connectivity index (χ2n) is 8.39. The molecule has 0 spiro atoms. The van der Waals surface area contributed by atoms with E-state index in [1.54, 1.807) is 0 Å². The topological polar surface area (TPSA) is 49.7 Å². The maximum atomic E-state index is 10.1. The van der Waals surface area contributed by atoms with E-state index in [1.165, 1.54) is 32.3 Å². The summed E-state index contributed by atoms with van der Waals surface area (Å²) in [5, 5.41) is 26.8. The number of hydrogen-bond acceptors (Lipinski definition) is 3. The zero-order chi connectivity index (χ0) is 19.8. The fraction of sp³-hybridized carbons (Fsp3) is 0.333. The molecule has 0 radical (unpaired) electrons. The Hall–Kier alpha value is -2.14. The van der Waals surface area contributed by atoms with Crippen LogP contribution in [0.2, 0.25) is 20.5 Å². The van der Waals surface area contributed by atoms with Crippen molar-refractivity contribution in [2.45, 2.75) is 45.2 Å². The van der Waals surface area contributed by atoms with Gasteiger partial charge < -0.3 is 14.9 Å². The normalized spacial score (nSPS) is 22.0. The molecule has 4 aromatic carbocycles. The molecule has 1 saturated heterocycles. The highest BCUT2D eigenvalue weighted by molar-refractivity contribution is 6.54. The van der Waals surface area contributed by atoms with Crippen LogP contribution in [-0.2, 0) is 4.74 Å². The van der Waals surface area contributed by atoms with Gasteiger partial charge in [-0.05, 0) is 37.9 Å². The van der Waals surface area contributed by atoms with E-state index in [1.807, 2.05) is 0 Å². The lowest BCUT2D eigenvalue weighted by molar-refractivity contribution is -0.0222. The van der Waals surface area contributed by atoms with Crippen molar-refractivity contribution in [3.63, 3.8) is 0 Å². The fourth-order valence-electron chi connectivity index (χ4n) is 4.13. The van der Waals surface area contributed by atoms with E-state index in [4.69, 9.17) is 4.74 Å². The third-order valence-corrected chi connectivity index (χ3v) is 5.31. The summed E-state index contributed by atoms with van der Waals surface area (Å²) in [7, 11) is 0. The van der Waals surface area contributed by atoms with E-state index in [2.05, 4.69) is 75.1 Å². The average molecular weight is 374 g/mol. The quantitative estimate of drug-likeness (QED) is 0.377. The molecule has 2 N–H and O–H groups in total. The Balaban J connectivity index is 0.000000442. The van der Waals surface area contributed by atoms with Gasteiger partial charge in [-0.15, -0.1) is 0 Å². The van der Waals surface area contributed by atoms with Crippen molar-refractivity contribution in [1.29, 1.82) is 0 Å². The van der Waals surface area contributed by atoms with Gasteiger partial charge in [0.25, 0.3) is 0 Å². The average Bonchev–Trinajstić information content (AvgIpc) is 3.06. The minimum absolute atomic E-state index is 0.149. The molecule has 0 aromatic heterocycles. The Labute approximate surface area is 166 Å². The molecule has 0 amide bonds. The highest BCUT2D eigenvalue weighted by Gasteiger charge is 2.35. The molecule has 5 rings (SSSR count). The fourth-order valence-corrected chi connectivity index (χ4v) is 4.13. The zero-order valence-corrected chi connectivity index (χ0v) is 16.7. The smallest absolute Gasteiger partial charge is 0.130 e. The van der Waals surface area contributed by atoms with Crippen LogP contribution in [0.5, 0.6) is 0 Å². The number of ether oxygens (including phenoxy) is 1. The van der Waals surface area contributed by atoms with Gasteiger partial charge >= 0.3 is 0 Å². The van der Waals surface area contributed by atoms with Gasteiger partial charge in [-0.1, -0.05) is 75.1 Å². The lowest BCUT2D eigenvalue weighted by Gasteiger charge is -2.18. The maximum Gasteiger partial charge on any atom is 0.130 e. The van der Waals surface area contributed by atoms with Crippen molar-refractivity contribution in [3.8, 4) is 0 Å². The number of rotatable bonds is 2. The van der Waals surface area contributed by atoms with Crippen molar-refractivity contribution in [1.82, 2.24) is 0 Å². The molecular formula is C24H27BO3. The van der Waals surface area contributed by atoms with Crippen molar-refractivity contribution < 1.29 is 14.9 Å². The molecule has 4 aromatic rings. The van der Waals surface area contributed by atoms with Gasteiger partial charge in [-0.3, -0.25) is 0 Å². The number of hydrogen-bond donors (Lipinski definition) is 2. The molecular weight excluding hydrogens is 347 g/mol. The molecule has 3 nitrogen and oxygen atoms in total. The van der Waals surface area contributed by atoms with Gasteiger partial charge in [-0.25, -0.2) is 0 Å². The van der Waals surface area contributed by atoms with Gasteiger partial charge in [0.1, 0.15) is 12.8 Å². The minimum atomic E-state index is -0.612. The van der Waals surface area contributed by atoms with Crippen LogP contribution < -0.4 is 0 Å². The molecule has 0 bridgehead atoms. The first-order valence-corrected chi connectivity index (χ1v) is 10.1. The maximum absolute atomic E-state index is 10.1. The summed E-state index contributed by atoms with van der Waals surface area (Å²) < 4.78 is 5.90. The predicted octanol–water partition coefficient (Wildman–Crippen LogP) is 5.14. The van der Waals surface area contributed by atoms with Crippen molar-refractivity contribution in [2.24, 2.45) is 0 Å². The zero-order valence-electron chi connectivity index (χ0n) is 16.7. The van der Waals surface area contributed by atoms with Crippen LogP contribution in [-0.4, -0.2) is 35.7 Å². The summed E-state index contributed by atoms with van der Waals surface area (Å²) >= 11 is 0. The van der Waals surface area contributed by atoms with E-state index in [9.17, 15) is 10.2 Å². The van der Waals surface area contributed by atoms with E-state index in [0.29, 0.717) is 6.42 Å². The first-order valence-electron chi connectivity index (χ1n) is 10.1. The Bertz CT molecular complexity index is 1070. The van der Waals surface area contributed by atoms with E-state index < -0.39 is 12.2 Å². The Morgan fingerprint density at radius 3 is 2.07 bits per heavy atom. The van der Waals surface area contributed by atoms with Crippen LogP contribution in [0.4, 0.5) is 0 Å². The Kier molecular flexibility index (Phi) is 5.28. The molecule has 1 fully saturated rings. The summed E-state index contributed by atoms with van der Waals surface area (Å²) in [5.41, 5.74) is 1.09. The standard InChI is InChI=1S/C21H18O3.C3H9B/c22-11-19-17(23)10-18(24-19)15-8-6-14-5-4-12-2-1-3-13-7-9-16(15)21(14)20(12)13;1-4(2)3/h1-9,17-19,22-23H,10-11H2;1-3H3/t17?,18-,19-;/m1./s1. The summed E-state index contributed by atoms with van der Waals surface area (Å²) in [6, 6.07) is 19.2. The molecule has 1 unspecified atom stereocenters. The van der Waals surface area contributed by atoms with Crippen LogP contribution in [0.3, 0.4) is 0 Å². The highest BCUT2D eigenvalue weighted by atomic mass is 16.5. The molecule has 1 aliphatic rings. The van der Waals surface area contributed by atoms with Crippen LogP contribution in [0.25, 0.3) is 32.3 Å². The Morgan fingerprint density at radius 2 is 1.46 bits per heavy atom. The van der Waals surface area contributed by atoms with Crippen molar-refractivity contribution >= 4 is 39.0 Å². The van der Waals surface area contributed by atoms with Crippen LogP contribution in [0.1, 0.15) is 18.1 Å². The summed E-state index contributed by atoms with van der Waals surface area (Å²) in [5.74, 6) is 0. The molecule has 1 heterocycles. The van der Waals surface area contributed by atoms with Crippen LogP contribution in [0, 0.1) is 0 Å². The largest absolute Gasteiger partial charge is 0.394 e. The monoisotopic (exact) mass is 374 g/mol. The third-order valence-electron chi connectivity index (χ3n) is 5.31. The first-order chi connectivity index (χ1) is 13.5. The lowest BCUT2D eigenvalue weighted by Crippen LogP contribution is -2.24. The second-order valence-corrected chi connectivity index (χ2v) is 8.39. The minimum Gasteiger partial charge on any atom is -0.394 e. The van der Waals surface area contributed by atoms with E-state index in [-0.39, 0.29) is 12.7 Å². The molecule has 3 atom stereocenters. The molecule has 144 valence electrons. The summed E-state index contributed by atoms with van der Waals surface area (Å²) in [4.78, 5) is 0. The van der Waals surface area contributed by atoms with Crippen LogP contribution in [0.15, 0.2) is 54.6 Å². The molecule has 0 aliphatic carbocycles.